The Hall–Kier alpha value is -2.97. The highest BCUT2D eigenvalue weighted by Crippen LogP contribution is 2.35. The highest BCUT2D eigenvalue weighted by molar-refractivity contribution is 8.18. The van der Waals surface area contributed by atoms with Crippen LogP contribution in [0.3, 0.4) is 0 Å². The fourth-order valence-electron chi connectivity index (χ4n) is 2.90. The molecule has 0 aliphatic carbocycles. The molecule has 2 aromatic rings. The van der Waals surface area contributed by atoms with E-state index in [4.69, 9.17) is 25.8 Å². The Balaban J connectivity index is 1.77. The Morgan fingerprint density at radius 3 is 2.56 bits per heavy atom. The maximum atomic E-state index is 12.6. The quantitative estimate of drug-likeness (QED) is 0.376. The van der Waals surface area contributed by atoms with E-state index < -0.39 is 23.7 Å². The number of esters is 1. The SMILES string of the molecule is CCOC(=O)CN1C(=O)S/C(=C/c2ccc(OCc3ccccc3Cl)c(OCC)c2)C1=O. The van der Waals surface area contributed by atoms with Crippen molar-refractivity contribution in [3.63, 3.8) is 0 Å². The number of imide groups is 1. The average Bonchev–Trinajstić information content (AvgIpc) is 3.02. The van der Waals surface area contributed by atoms with Gasteiger partial charge in [0.05, 0.1) is 18.1 Å². The molecule has 32 heavy (non-hydrogen) atoms. The number of benzene rings is 2. The van der Waals surface area contributed by atoms with E-state index in [9.17, 15) is 14.4 Å². The molecular formula is C23H22ClNO6S. The molecule has 168 valence electrons. The van der Waals surface area contributed by atoms with Gasteiger partial charge in [-0.2, -0.15) is 0 Å². The molecule has 7 nitrogen and oxygen atoms in total. The Morgan fingerprint density at radius 2 is 1.84 bits per heavy atom. The first-order chi connectivity index (χ1) is 15.4. The fourth-order valence-corrected chi connectivity index (χ4v) is 3.92. The summed E-state index contributed by atoms with van der Waals surface area (Å²) in [5.41, 5.74) is 1.50. The first kappa shape index (κ1) is 23.7. The lowest BCUT2D eigenvalue weighted by atomic mass is 10.1. The van der Waals surface area contributed by atoms with Gasteiger partial charge >= 0.3 is 5.97 Å². The molecule has 1 saturated heterocycles. The number of halogens is 1. The zero-order valence-corrected chi connectivity index (χ0v) is 19.2. The van der Waals surface area contributed by atoms with Crippen LogP contribution in [-0.4, -0.2) is 41.8 Å². The summed E-state index contributed by atoms with van der Waals surface area (Å²) >= 11 is 6.96. The van der Waals surface area contributed by atoms with Gasteiger partial charge in [0, 0.05) is 10.6 Å². The van der Waals surface area contributed by atoms with Gasteiger partial charge in [0.15, 0.2) is 11.5 Å². The molecular weight excluding hydrogens is 454 g/mol. The van der Waals surface area contributed by atoms with Crippen molar-refractivity contribution in [3.05, 3.63) is 63.5 Å². The molecule has 0 saturated carbocycles. The van der Waals surface area contributed by atoms with Crippen molar-refractivity contribution in [2.75, 3.05) is 19.8 Å². The third-order valence-corrected chi connectivity index (χ3v) is 5.65. The number of hydrogen-bond donors (Lipinski definition) is 0. The Labute approximate surface area is 195 Å². The number of hydrogen-bond acceptors (Lipinski definition) is 7. The van der Waals surface area contributed by atoms with Gasteiger partial charge in [-0.15, -0.1) is 0 Å². The third-order valence-electron chi connectivity index (χ3n) is 4.37. The monoisotopic (exact) mass is 475 g/mol. The number of thioether (sulfide) groups is 1. The van der Waals surface area contributed by atoms with Crippen molar-refractivity contribution in [2.45, 2.75) is 20.5 Å². The molecule has 0 bridgehead atoms. The van der Waals surface area contributed by atoms with Crippen molar-refractivity contribution in [1.82, 2.24) is 4.90 Å². The van der Waals surface area contributed by atoms with Crippen LogP contribution in [0.5, 0.6) is 11.5 Å². The van der Waals surface area contributed by atoms with Crippen LogP contribution in [0.15, 0.2) is 47.4 Å². The van der Waals surface area contributed by atoms with Crippen LogP contribution < -0.4 is 9.47 Å². The Morgan fingerprint density at radius 1 is 1.06 bits per heavy atom. The fraction of sp³-hybridized carbons (Fsp3) is 0.261. The van der Waals surface area contributed by atoms with Gasteiger partial charge in [0.1, 0.15) is 13.2 Å². The molecule has 0 aromatic heterocycles. The summed E-state index contributed by atoms with van der Waals surface area (Å²) in [6.45, 7) is 3.97. The maximum absolute atomic E-state index is 12.6. The molecule has 0 spiro atoms. The van der Waals surface area contributed by atoms with Crippen molar-refractivity contribution >= 4 is 46.6 Å². The normalized spacial score (nSPS) is 14.7. The number of amides is 2. The van der Waals surface area contributed by atoms with E-state index in [1.54, 1.807) is 37.3 Å². The van der Waals surface area contributed by atoms with Crippen LogP contribution in [0, 0.1) is 0 Å². The summed E-state index contributed by atoms with van der Waals surface area (Å²) < 4.78 is 16.4. The lowest BCUT2D eigenvalue weighted by Crippen LogP contribution is -2.34. The molecule has 0 atom stereocenters. The number of carbonyl (C=O) groups excluding carboxylic acids is 3. The molecule has 1 aliphatic heterocycles. The van der Waals surface area contributed by atoms with Crippen LogP contribution >= 0.6 is 23.4 Å². The summed E-state index contributed by atoms with van der Waals surface area (Å²) in [5.74, 6) is -0.141. The second kappa shape index (κ2) is 11.1. The molecule has 1 fully saturated rings. The minimum absolute atomic E-state index is 0.177. The van der Waals surface area contributed by atoms with Crippen molar-refractivity contribution in [3.8, 4) is 11.5 Å². The van der Waals surface area contributed by atoms with Crippen molar-refractivity contribution in [1.29, 1.82) is 0 Å². The van der Waals surface area contributed by atoms with E-state index in [1.807, 2.05) is 25.1 Å². The average molecular weight is 476 g/mol. The summed E-state index contributed by atoms with van der Waals surface area (Å²) in [7, 11) is 0. The first-order valence-electron chi connectivity index (χ1n) is 9.97. The van der Waals surface area contributed by atoms with Crippen LogP contribution in [0.4, 0.5) is 4.79 Å². The molecule has 3 rings (SSSR count). The molecule has 0 radical (unpaired) electrons. The second-order valence-corrected chi connectivity index (χ2v) is 7.99. The number of nitrogens with zero attached hydrogens (tertiary/aromatic N) is 1. The van der Waals surface area contributed by atoms with Crippen LogP contribution in [0.25, 0.3) is 6.08 Å². The molecule has 1 heterocycles. The molecule has 9 heteroatoms. The molecule has 0 N–H and O–H groups in total. The van der Waals surface area contributed by atoms with Crippen molar-refractivity contribution < 1.29 is 28.6 Å². The highest BCUT2D eigenvalue weighted by atomic mass is 35.5. The molecule has 2 aromatic carbocycles. The minimum Gasteiger partial charge on any atom is -0.490 e. The predicted octanol–water partition coefficient (Wildman–Crippen LogP) is 4.92. The van der Waals surface area contributed by atoms with Gasteiger partial charge in [-0.25, -0.2) is 0 Å². The van der Waals surface area contributed by atoms with Crippen LogP contribution in [0.2, 0.25) is 5.02 Å². The van der Waals surface area contributed by atoms with E-state index >= 15 is 0 Å². The van der Waals surface area contributed by atoms with E-state index in [-0.39, 0.29) is 18.1 Å². The number of ether oxygens (including phenoxy) is 3. The molecule has 1 aliphatic rings. The minimum atomic E-state index is -0.630. The predicted molar refractivity (Wildman–Crippen MR) is 123 cm³/mol. The molecule has 0 unspecified atom stereocenters. The first-order valence-corrected chi connectivity index (χ1v) is 11.2. The van der Waals surface area contributed by atoms with Crippen LogP contribution in [-0.2, 0) is 20.9 Å². The smallest absolute Gasteiger partial charge is 0.326 e. The van der Waals surface area contributed by atoms with Gasteiger partial charge in [-0.05, 0) is 55.4 Å². The van der Waals surface area contributed by atoms with E-state index in [0.29, 0.717) is 28.7 Å². The van der Waals surface area contributed by atoms with Gasteiger partial charge in [-0.3, -0.25) is 19.3 Å². The summed E-state index contributed by atoms with van der Waals surface area (Å²) in [6.07, 6.45) is 1.58. The van der Waals surface area contributed by atoms with Crippen molar-refractivity contribution in [2.24, 2.45) is 0 Å². The topological polar surface area (TPSA) is 82.1 Å². The Bertz CT molecular complexity index is 1050. The highest BCUT2D eigenvalue weighted by Gasteiger charge is 2.36. The maximum Gasteiger partial charge on any atom is 0.326 e. The van der Waals surface area contributed by atoms with Gasteiger partial charge in [0.2, 0.25) is 0 Å². The number of carbonyl (C=O) groups is 3. The standard InChI is InChI=1S/C23H22ClNO6S/c1-3-29-19-11-15(9-10-18(19)31-14-16-7-5-6-8-17(16)24)12-20-22(27)25(23(28)32-20)13-21(26)30-4-2/h5-12H,3-4,13-14H2,1-2H3/b20-12+. The van der Waals surface area contributed by atoms with Gasteiger partial charge in [0.25, 0.3) is 11.1 Å². The van der Waals surface area contributed by atoms with E-state index in [0.717, 1.165) is 22.2 Å². The Kier molecular flexibility index (Phi) is 8.19. The summed E-state index contributed by atoms with van der Waals surface area (Å²) in [4.78, 5) is 37.5. The third kappa shape index (κ3) is 5.83. The van der Waals surface area contributed by atoms with Gasteiger partial charge in [-0.1, -0.05) is 35.9 Å². The van der Waals surface area contributed by atoms with Crippen LogP contribution in [0.1, 0.15) is 25.0 Å². The largest absolute Gasteiger partial charge is 0.490 e. The van der Waals surface area contributed by atoms with E-state index in [1.165, 1.54) is 0 Å². The second-order valence-electron chi connectivity index (χ2n) is 6.59. The van der Waals surface area contributed by atoms with E-state index in [2.05, 4.69) is 0 Å². The number of rotatable bonds is 9. The lowest BCUT2D eigenvalue weighted by Gasteiger charge is -2.13. The van der Waals surface area contributed by atoms with Gasteiger partial charge < -0.3 is 14.2 Å². The summed E-state index contributed by atoms with van der Waals surface area (Å²) in [5, 5.41) is 0.0969. The summed E-state index contributed by atoms with van der Waals surface area (Å²) in [6, 6.07) is 12.6. The molecule has 2 amide bonds. The lowest BCUT2D eigenvalue weighted by molar-refractivity contribution is -0.145. The zero-order chi connectivity index (χ0) is 23.1. The zero-order valence-electron chi connectivity index (χ0n) is 17.6.